The van der Waals surface area contributed by atoms with E-state index in [1.165, 1.54) is 36.1 Å². The molecule has 1 atom stereocenters. The SMILES string of the molecule is CCCCN1Cc2c(C)cccc2C1CN. The van der Waals surface area contributed by atoms with Gasteiger partial charge in [-0.2, -0.15) is 0 Å². The second-order valence-corrected chi connectivity index (χ2v) is 4.72. The van der Waals surface area contributed by atoms with Crippen LogP contribution in [0.2, 0.25) is 0 Å². The van der Waals surface area contributed by atoms with E-state index in [9.17, 15) is 0 Å². The molecule has 0 saturated heterocycles. The number of unbranched alkanes of at least 4 members (excludes halogenated alkanes) is 1. The van der Waals surface area contributed by atoms with Crippen LogP contribution in [-0.4, -0.2) is 18.0 Å². The first kappa shape index (κ1) is 11.6. The monoisotopic (exact) mass is 218 g/mol. The Morgan fingerprint density at radius 2 is 2.25 bits per heavy atom. The fourth-order valence-corrected chi connectivity index (χ4v) is 2.64. The number of aryl methyl sites for hydroxylation is 1. The Kier molecular flexibility index (Phi) is 3.62. The predicted molar refractivity (Wildman–Crippen MR) is 68.3 cm³/mol. The van der Waals surface area contributed by atoms with Crippen LogP contribution in [0.3, 0.4) is 0 Å². The fraction of sp³-hybridized carbons (Fsp3) is 0.571. The summed E-state index contributed by atoms with van der Waals surface area (Å²) in [6.07, 6.45) is 2.52. The average molecular weight is 218 g/mol. The van der Waals surface area contributed by atoms with Gasteiger partial charge in [-0.3, -0.25) is 4.90 Å². The maximum Gasteiger partial charge on any atom is 0.0477 e. The Labute approximate surface area is 98.4 Å². The van der Waals surface area contributed by atoms with Crippen LogP contribution in [-0.2, 0) is 6.54 Å². The van der Waals surface area contributed by atoms with Gasteiger partial charge >= 0.3 is 0 Å². The van der Waals surface area contributed by atoms with Gasteiger partial charge in [-0.25, -0.2) is 0 Å². The minimum Gasteiger partial charge on any atom is -0.329 e. The summed E-state index contributed by atoms with van der Waals surface area (Å²) in [5, 5.41) is 0. The van der Waals surface area contributed by atoms with Crippen molar-refractivity contribution in [3.63, 3.8) is 0 Å². The number of nitrogens with two attached hydrogens (primary N) is 1. The van der Waals surface area contributed by atoms with E-state index in [-0.39, 0.29) is 0 Å². The molecule has 1 aliphatic rings. The van der Waals surface area contributed by atoms with Crippen molar-refractivity contribution in [1.82, 2.24) is 4.90 Å². The molecule has 1 aromatic rings. The molecule has 0 saturated carbocycles. The zero-order valence-corrected chi connectivity index (χ0v) is 10.4. The summed E-state index contributed by atoms with van der Waals surface area (Å²) in [6.45, 7) is 7.44. The molecular formula is C14H22N2. The third kappa shape index (κ3) is 2.00. The largest absolute Gasteiger partial charge is 0.329 e. The van der Waals surface area contributed by atoms with Gasteiger partial charge in [-0.15, -0.1) is 0 Å². The third-order valence-corrected chi connectivity index (χ3v) is 3.63. The highest BCUT2D eigenvalue weighted by molar-refractivity contribution is 5.40. The fourth-order valence-electron chi connectivity index (χ4n) is 2.64. The molecule has 2 heteroatoms. The number of hydrogen-bond acceptors (Lipinski definition) is 2. The summed E-state index contributed by atoms with van der Waals surface area (Å²) < 4.78 is 0. The van der Waals surface area contributed by atoms with Crippen LogP contribution in [0.1, 0.15) is 42.5 Å². The maximum absolute atomic E-state index is 5.92. The average Bonchev–Trinajstić information content (AvgIpc) is 2.65. The van der Waals surface area contributed by atoms with Gasteiger partial charge in [0.1, 0.15) is 0 Å². The van der Waals surface area contributed by atoms with Gasteiger partial charge in [0.15, 0.2) is 0 Å². The van der Waals surface area contributed by atoms with E-state index in [0.717, 1.165) is 13.1 Å². The molecule has 88 valence electrons. The van der Waals surface area contributed by atoms with Gasteiger partial charge in [-0.1, -0.05) is 31.5 Å². The van der Waals surface area contributed by atoms with Crippen LogP contribution in [0, 0.1) is 6.92 Å². The summed E-state index contributed by atoms with van der Waals surface area (Å²) in [5.41, 5.74) is 10.3. The molecular weight excluding hydrogens is 196 g/mol. The number of fused-ring (bicyclic) bond motifs is 1. The summed E-state index contributed by atoms with van der Waals surface area (Å²) >= 11 is 0. The molecule has 2 N–H and O–H groups in total. The van der Waals surface area contributed by atoms with Gasteiger partial charge in [0.05, 0.1) is 0 Å². The normalized spacial score (nSPS) is 20.1. The maximum atomic E-state index is 5.92. The van der Waals surface area contributed by atoms with E-state index in [2.05, 4.69) is 36.9 Å². The molecule has 1 heterocycles. The summed E-state index contributed by atoms with van der Waals surface area (Å²) in [4.78, 5) is 2.53. The Hall–Kier alpha value is -0.860. The molecule has 0 aliphatic carbocycles. The zero-order valence-electron chi connectivity index (χ0n) is 10.4. The lowest BCUT2D eigenvalue weighted by Crippen LogP contribution is -2.28. The van der Waals surface area contributed by atoms with E-state index in [4.69, 9.17) is 5.73 Å². The Morgan fingerprint density at radius 1 is 1.44 bits per heavy atom. The summed E-state index contributed by atoms with van der Waals surface area (Å²) in [7, 11) is 0. The van der Waals surface area contributed by atoms with E-state index < -0.39 is 0 Å². The van der Waals surface area contributed by atoms with Crippen molar-refractivity contribution < 1.29 is 0 Å². The van der Waals surface area contributed by atoms with Crippen molar-refractivity contribution in [2.24, 2.45) is 5.73 Å². The van der Waals surface area contributed by atoms with Gasteiger partial charge in [0, 0.05) is 19.1 Å². The van der Waals surface area contributed by atoms with Crippen LogP contribution in [0.4, 0.5) is 0 Å². The van der Waals surface area contributed by atoms with Gasteiger partial charge in [0.25, 0.3) is 0 Å². The molecule has 2 nitrogen and oxygen atoms in total. The molecule has 16 heavy (non-hydrogen) atoms. The third-order valence-electron chi connectivity index (χ3n) is 3.63. The van der Waals surface area contributed by atoms with E-state index in [1.807, 2.05) is 0 Å². The van der Waals surface area contributed by atoms with Crippen LogP contribution >= 0.6 is 0 Å². The molecule has 1 aliphatic heterocycles. The van der Waals surface area contributed by atoms with Gasteiger partial charge < -0.3 is 5.73 Å². The first-order chi connectivity index (χ1) is 7.77. The predicted octanol–water partition coefficient (Wildman–Crippen LogP) is 2.61. The molecule has 0 aromatic heterocycles. The van der Waals surface area contributed by atoms with Gasteiger partial charge in [-0.05, 0) is 36.6 Å². The quantitative estimate of drug-likeness (QED) is 0.841. The lowest BCUT2D eigenvalue weighted by Gasteiger charge is -2.23. The minimum atomic E-state index is 0.446. The highest BCUT2D eigenvalue weighted by Crippen LogP contribution is 2.34. The molecule has 0 spiro atoms. The smallest absolute Gasteiger partial charge is 0.0477 e. The molecule has 0 bridgehead atoms. The number of rotatable bonds is 4. The Morgan fingerprint density at radius 3 is 2.94 bits per heavy atom. The first-order valence-electron chi connectivity index (χ1n) is 6.30. The Balaban J connectivity index is 2.22. The van der Waals surface area contributed by atoms with Crippen molar-refractivity contribution in [3.05, 3.63) is 34.9 Å². The second kappa shape index (κ2) is 4.98. The van der Waals surface area contributed by atoms with Crippen molar-refractivity contribution in [2.75, 3.05) is 13.1 Å². The Bertz CT molecular complexity index is 360. The van der Waals surface area contributed by atoms with E-state index in [0.29, 0.717) is 6.04 Å². The molecule has 1 aromatic carbocycles. The molecule has 0 fully saturated rings. The molecule has 2 rings (SSSR count). The van der Waals surface area contributed by atoms with Crippen molar-refractivity contribution in [1.29, 1.82) is 0 Å². The molecule has 0 amide bonds. The molecule has 0 radical (unpaired) electrons. The van der Waals surface area contributed by atoms with Crippen molar-refractivity contribution in [3.8, 4) is 0 Å². The van der Waals surface area contributed by atoms with Crippen LogP contribution in [0.25, 0.3) is 0 Å². The summed E-state index contributed by atoms with van der Waals surface area (Å²) in [6, 6.07) is 7.04. The second-order valence-electron chi connectivity index (χ2n) is 4.72. The first-order valence-corrected chi connectivity index (χ1v) is 6.30. The highest BCUT2D eigenvalue weighted by Gasteiger charge is 2.28. The van der Waals surface area contributed by atoms with Crippen molar-refractivity contribution in [2.45, 2.75) is 39.3 Å². The number of nitrogens with zero attached hydrogens (tertiary/aromatic N) is 1. The van der Waals surface area contributed by atoms with Crippen molar-refractivity contribution >= 4 is 0 Å². The van der Waals surface area contributed by atoms with Gasteiger partial charge in [0.2, 0.25) is 0 Å². The van der Waals surface area contributed by atoms with Crippen LogP contribution in [0.15, 0.2) is 18.2 Å². The lowest BCUT2D eigenvalue weighted by atomic mass is 10.0. The van der Waals surface area contributed by atoms with Crippen LogP contribution < -0.4 is 5.73 Å². The number of benzene rings is 1. The highest BCUT2D eigenvalue weighted by atomic mass is 15.2. The summed E-state index contributed by atoms with van der Waals surface area (Å²) in [5.74, 6) is 0. The zero-order chi connectivity index (χ0) is 11.5. The minimum absolute atomic E-state index is 0.446. The topological polar surface area (TPSA) is 29.3 Å². The van der Waals surface area contributed by atoms with E-state index >= 15 is 0 Å². The number of hydrogen-bond donors (Lipinski definition) is 1. The van der Waals surface area contributed by atoms with E-state index in [1.54, 1.807) is 0 Å². The van der Waals surface area contributed by atoms with Crippen LogP contribution in [0.5, 0.6) is 0 Å². The standard InChI is InChI=1S/C14H22N2/c1-3-4-8-16-10-13-11(2)6-5-7-12(13)14(16)9-15/h5-7,14H,3-4,8-10,15H2,1-2H3. The lowest BCUT2D eigenvalue weighted by molar-refractivity contribution is 0.216. The molecule has 1 unspecified atom stereocenters.